The molecule has 1 amide bonds. The van der Waals surface area contributed by atoms with Gasteiger partial charge in [0, 0.05) is 26.1 Å². The van der Waals surface area contributed by atoms with Gasteiger partial charge in [0.1, 0.15) is 11.4 Å². The molecule has 0 aliphatic heterocycles. The van der Waals surface area contributed by atoms with Crippen LogP contribution in [0.4, 0.5) is 5.69 Å². The fraction of sp³-hybridized carbons (Fsp3) is 0.560. The molecule has 0 unspecified atom stereocenters. The molecule has 1 heterocycles. The highest BCUT2D eigenvalue weighted by atomic mass is 32.2. The van der Waals surface area contributed by atoms with Gasteiger partial charge in [-0.1, -0.05) is 20.8 Å². The molecule has 1 saturated carbocycles. The average Bonchev–Trinajstić information content (AvgIpc) is 3.13. The SMILES string of the molecule is COC1CCC(c2nn(C)c(C(=O)N[C@@H](C)C(C)(C)C)c2NS(=O)(=O)c2ccc(C#N)cc2)CC1. The van der Waals surface area contributed by atoms with E-state index in [1.54, 1.807) is 14.2 Å². The minimum Gasteiger partial charge on any atom is -0.381 e. The Morgan fingerprint density at radius 3 is 2.31 bits per heavy atom. The van der Waals surface area contributed by atoms with Gasteiger partial charge in [-0.3, -0.25) is 14.2 Å². The molecule has 9 nitrogen and oxygen atoms in total. The molecule has 1 fully saturated rings. The van der Waals surface area contributed by atoms with E-state index in [1.165, 1.54) is 28.9 Å². The number of nitrogens with one attached hydrogen (secondary N) is 2. The van der Waals surface area contributed by atoms with E-state index in [4.69, 9.17) is 10.00 Å². The average molecular weight is 502 g/mol. The topological polar surface area (TPSA) is 126 Å². The molecule has 1 aliphatic carbocycles. The lowest BCUT2D eigenvalue weighted by Crippen LogP contribution is -2.42. The summed E-state index contributed by atoms with van der Waals surface area (Å²) in [7, 11) is -0.682. The van der Waals surface area contributed by atoms with Crippen molar-refractivity contribution in [2.24, 2.45) is 12.5 Å². The van der Waals surface area contributed by atoms with Crippen LogP contribution in [0.5, 0.6) is 0 Å². The number of hydrogen-bond donors (Lipinski definition) is 2. The predicted octanol–water partition coefficient (Wildman–Crippen LogP) is 3.93. The van der Waals surface area contributed by atoms with Crippen molar-refractivity contribution in [1.29, 1.82) is 5.26 Å². The number of nitriles is 1. The van der Waals surface area contributed by atoms with Crippen LogP contribution in [0.1, 0.15) is 81.0 Å². The van der Waals surface area contributed by atoms with Crippen molar-refractivity contribution >= 4 is 21.6 Å². The van der Waals surface area contributed by atoms with Crippen LogP contribution in [0.25, 0.3) is 0 Å². The number of rotatable bonds is 7. The molecule has 1 aromatic heterocycles. The number of amides is 1. The van der Waals surface area contributed by atoms with Crippen molar-refractivity contribution < 1.29 is 17.9 Å². The summed E-state index contributed by atoms with van der Waals surface area (Å²) in [5.41, 5.74) is 1.11. The highest BCUT2D eigenvalue weighted by Gasteiger charge is 2.33. The number of ether oxygens (including phenoxy) is 1. The van der Waals surface area contributed by atoms with E-state index in [9.17, 15) is 13.2 Å². The third kappa shape index (κ3) is 6.03. The van der Waals surface area contributed by atoms with Gasteiger partial charge >= 0.3 is 0 Å². The number of sulfonamides is 1. The van der Waals surface area contributed by atoms with Crippen LogP contribution in [0.2, 0.25) is 0 Å². The van der Waals surface area contributed by atoms with Gasteiger partial charge in [0.2, 0.25) is 0 Å². The Labute approximate surface area is 207 Å². The Hall–Kier alpha value is -2.90. The van der Waals surface area contributed by atoms with Crippen molar-refractivity contribution in [1.82, 2.24) is 15.1 Å². The van der Waals surface area contributed by atoms with Gasteiger partial charge in [0.05, 0.1) is 28.3 Å². The summed E-state index contributed by atoms with van der Waals surface area (Å²) in [5.74, 6) is -0.398. The van der Waals surface area contributed by atoms with Crippen LogP contribution < -0.4 is 10.0 Å². The molecular formula is C25H35N5O4S. The molecule has 2 N–H and O–H groups in total. The number of aryl methyl sites for hydroxylation is 1. The maximum Gasteiger partial charge on any atom is 0.271 e. The van der Waals surface area contributed by atoms with Crippen molar-refractivity contribution in [3.8, 4) is 6.07 Å². The highest BCUT2D eigenvalue weighted by molar-refractivity contribution is 7.92. The van der Waals surface area contributed by atoms with Gasteiger partial charge in [-0.2, -0.15) is 10.4 Å². The summed E-state index contributed by atoms with van der Waals surface area (Å²) >= 11 is 0. The normalized spacial score (nSPS) is 19.6. The van der Waals surface area contributed by atoms with E-state index in [0.717, 1.165) is 25.7 Å². The zero-order chi connectivity index (χ0) is 26.0. The van der Waals surface area contributed by atoms with Crippen LogP contribution >= 0.6 is 0 Å². The predicted molar refractivity (Wildman–Crippen MR) is 134 cm³/mol. The third-order valence-corrected chi connectivity index (χ3v) is 8.23. The summed E-state index contributed by atoms with van der Waals surface area (Å²) in [5, 5.41) is 16.7. The maximum atomic E-state index is 13.4. The lowest BCUT2D eigenvalue weighted by Gasteiger charge is -2.28. The smallest absolute Gasteiger partial charge is 0.271 e. The van der Waals surface area contributed by atoms with E-state index >= 15 is 0 Å². The molecule has 0 bridgehead atoms. The Morgan fingerprint density at radius 1 is 1.20 bits per heavy atom. The fourth-order valence-corrected chi connectivity index (χ4v) is 5.23. The third-order valence-electron chi connectivity index (χ3n) is 6.86. The van der Waals surface area contributed by atoms with Gasteiger partial charge in [-0.05, 0) is 62.3 Å². The summed E-state index contributed by atoms with van der Waals surface area (Å²) < 4.78 is 36.2. The first-order valence-electron chi connectivity index (χ1n) is 11.8. The number of nitrogens with zero attached hydrogens (tertiary/aromatic N) is 3. The molecule has 1 aromatic carbocycles. The Morgan fingerprint density at radius 2 is 1.80 bits per heavy atom. The first-order valence-corrected chi connectivity index (χ1v) is 13.3. The van der Waals surface area contributed by atoms with E-state index in [2.05, 4.69) is 15.1 Å². The van der Waals surface area contributed by atoms with Gasteiger partial charge in [0.25, 0.3) is 15.9 Å². The van der Waals surface area contributed by atoms with Crippen molar-refractivity contribution in [2.45, 2.75) is 76.3 Å². The highest BCUT2D eigenvalue weighted by Crippen LogP contribution is 2.39. The number of carbonyl (C=O) groups excluding carboxylic acids is 1. The van der Waals surface area contributed by atoms with Gasteiger partial charge in [-0.25, -0.2) is 8.42 Å². The minimum atomic E-state index is -4.03. The van der Waals surface area contributed by atoms with E-state index < -0.39 is 15.9 Å². The van der Waals surface area contributed by atoms with E-state index in [1.807, 2.05) is 33.8 Å². The summed E-state index contributed by atoms with van der Waals surface area (Å²) in [4.78, 5) is 13.4. The second-order valence-electron chi connectivity index (χ2n) is 10.2. The standard InChI is InChI=1S/C25H35N5O4S/c1-16(25(2,3)4)27-24(31)23-22(29-35(32,33)20-13-7-17(15-26)8-14-20)21(28-30(23)5)18-9-11-19(34-6)12-10-18/h7-8,13-14,16,18-19,29H,9-12H2,1-6H3,(H,27,31)/t16-,18?,19?/m0/s1. The zero-order valence-electron chi connectivity index (χ0n) is 21.3. The Kier molecular flexibility index (Phi) is 7.92. The van der Waals surface area contributed by atoms with Crippen LogP contribution in [-0.2, 0) is 21.8 Å². The number of hydrogen-bond acceptors (Lipinski definition) is 6. The van der Waals surface area contributed by atoms with Gasteiger partial charge in [-0.15, -0.1) is 0 Å². The number of methoxy groups -OCH3 is 1. The molecule has 1 aliphatic rings. The van der Waals surface area contributed by atoms with E-state index in [-0.39, 0.29) is 39.8 Å². The largest absolute Gasteiger partial charge is 0.381 e. The molecule has 1 atom stereocenters. The summed E-state index contributed by atoms with van der Waals surface area (Å²) in [6, 6.07) is 7.47. The van der Waals surface area contributed by atoms with Crippen LogP contribution in [0, 0.1) is 16.7 Å². The van der Waals surface area contributed by atoms with Crippen LogP contribution in [0.3, 0.4) is 0 Å². The molecule has 2 aromatic rings. The first kappa shape index (κ1) is 26.7. The molecule has 35 heavy (non-hydrogen) atoms. The van der Waals surface area contributed by atoms with E-state index in [0.29, 0.717) is 11.3 Å². The Balaban J connectivity index is 2.03. The van der Waals surface area contributed by atoms with Crippen LogP contribution in [-0.4, -0.2) is 43.4 Å². The number of carbonyl (C=O) groups is 1. The summed E-state index contributed by atoms with van der Waals surface area (Å²) in [6.45, 7) is 7.99. The number of anilines is 1. The number of benzene rings is 1. The van der Waals surface area contributed by atoms with Crippen LogP contribution in [0.15, 0.2) is 29.2 Å². The zero-order valence-corrected chi connectivity index (χ0v) is 22.1. The maximum absolute atomic E-state index is 13.4. The Bertz CT molecular complexity index is 1200. The molecule has 3 rings (SSSR count). The van der Waals surface area contributed by atoms with Gasteiger partial charge < -0.3 is 10.1 Å². The quantitative estimate of drug-likeness (QED) is 0.592. The summed E-state index contributed by atoms with van der Waals surface area (Å²) in [6.07, 6.45) is 3.40. The molecule has 0 spiro atoms. The molecule has 10 heteroatoms. The van der Waals surface area contributed by atoms with Gasteiger partial charge in [0.15, 0.2) is 0 Å². The molecule has 0 saturated heterocycles. The molecule has 190 valence electrons. The fourth-order valence-electron chi connectivity index (χ4n) is 4.15. The van der Waals surface area contributed by atoms with Crippen molar-refractivity contribution in [2.75, 3.05) is 11.8 Å². The minimum absolute atomic E-state index is 0.00353. The lowest BCUT2D eigenvalue weighted by atomic mass is 9.84. The number of aromatic nitrogens is 2. The lowest BCUT2D eigenvalue weighted by molar-refractivity contribution is 0.0655. The van der Waals surface area contributed by atoms with Crippen molar-refractivity contribution in [3.63, 3.8) is 0 Å². The second kappa shape index (κ2) is 10.4. The molecule has 0 radical (unpaired) electrons. The van der Waals surface area contributed by atoms with Crippen molar-refractivity contribution in [3.05, 3.63) is 41.2 Å². The monoisotopic (exact) mass is 501 g/mol. The second-order valence-corrected chi connectivity index (χ2v) is 11.9. The first-order chi connectivity index (χ1) is 16.4. The molecular weight excluding hydrogens is 466 g/mol.